The Bertz CT molecular complexity index is 1410. The summed E-state index contributed by atoms with van der Waals surface area (Å²) >= 11 is 0. The molecule has 316 valence electrons. The maximum atomic E-state index is 14.6. The number of carbonyl (C=O) groups is 2. The number of likely N-dealkylation sites (N-methyl/N-ethyl adjacent to an activating group) is 1. The molecule has 3 bridgehead atoms. The molecule has 6 saturated heterocycles. The van der Waals surface area contributed by atoms with Crippen LogP contribution in [0.4, 0.5) is 4.79 Å². The minimum Gasteiger partial charge on any atom is -0.458 e. The standard InChI is InChI=1S/C40H69N3O12/c1-14-27-39(10)31-24(6)40(41-15-16-43(31)36(47)54-39)20(2)18-38(9,55-40)33(53-35-29(44)26(42(11)12)17-21(3)49-35)22(4)30(23(5)34(46)51-27)52-28-19-37(8,48-13)32(45)25(7)50-28/h20-33,35,41,44-45H,14-19H2,1-13H3/t20-,21-,22+,23-,24-,25+,26+,27-,28+,29-,30+,31-,32+,33-,35+,37-,38-,39-,40?/m1/s1. The van der Waals surface area contributed by atoms with Crippen LogP contribution in [-0.2, 0) is 42.7 Å². The first-order valence-electron chi connectivity index (χ1n) is 20.5. The number of amides is 1. The van der Waals surface area contributed by atoms with Crippen LogP contribution in [0, 0.1) is 23.7 Å². The van der Waals surface area contributed by atoms with Crippen LogP contribution >= 0.6 is 0 Å². The van der Waals surface area contributed by atoms with E-state index >= 15 is 0 Å². The molecule has 0 aromatic rings. The SMILES string of the molecule is CC[C@H]1OC(=O)[C@H](C)[C@@H](O[C@H]2C[C@@](C)(OC)[C@@H](O)[C@H](C)O2)[C@H](C)[C@@H](O[C@@H]2O[C@H](C)C[C@H](N(C)C)[C@H]2O)[C@@]2(C)C[C@@H](C)C3(NCCN4C(=O)O[C@@]1(C)[C@H]4[C@H]3C)O2. The van der Waals surface area contributed by atoms with Gasteiger partial charge >= 0.3 is 12.1 Å². The molecule has 0 aromatic heterocycles. The molecule has 1 unspecified atom stereocenters. The van der Waals surface area contributed by atoms with Gasteiger partial charge in [0, 0.05) is 50.4 Å². The Balaban J connectivity index is 1.49. The lowest BCUT2D eigenvalue weighted by Gasteiger charge is -2.49. The largest absolute Gasteiger partial charge is 0.458 e. The van der Waals surface area contributed by atoms with E-state index in [1.807, 2.05) is 60.5 Å². The number of fused-ring (bicyclic) bond motifs is 1. The molecule has 6 fully saturated rings. The molecule has 1 amide bonds. The van der Waals surface area contributed by atoms with E-state index in [1.54, 1.807) is 25.9 Å². The van der Waals surface area contributed by atoms with Crippen LogP contribution in [0.15, 0.2) is 0 Å². The van der Waals surface area contributed by atoms with Crippen LogP contribution in [0.5, 0.6) is 0 Å². The number of rotatable bonds is 7. The van der Waals surface area contributed by atoms with E-state index in [9.17, 15) is 19.8 Å². The molecule has 3 N–H and O–H groups in total. The molecular weight excluding hydrogens is 714 g/mol. The van der Waals surface area contributed by atoms with Crippen LogP contribution in [0.25, 0.3) is 0 Å². The highest BCUT2D eigenvalue weighted by atomic mass is 16.7. The number of cyclic esters (lactones) is 1. The molecule has 15 heteroatoms. The molecule has 0 radical (unpaired) electrons. The number of esters is 1. The summed E-state index contributed by atoms with van der Waals surface area (Å²) in [5.41, 5.74) is -4.13. The molecule has 0 saturated carbocycles. The fraction of sp³-hybridized carbons (Fsp3) is 0.950. The topological polar surface area (TPSA) is 167 Å². The second-order valence-electron chi connectivity index (χ2n) is 18.4. The lowest BCUT2D eigenvalue weighted by molar-refractivity contribution is -0.322. The third-order valence-corrected chi connectivity index (χ3v) is 14.3. The van der Waals surface area contributed by atoms with Gasteiger partial charge in [0.15, 0.2) is 18.2 Å². The number of ether oxygens (including phenoxy) is 8. The van der Waals surface area contributed by atoms with Gasteiger partial charge in [0.25, 0.3) is 0 Å². The van der Waals surface area contributed by atoms with Crippen molar-refractivity contribution < 1.29 is 57.7 Å². The fourth-order valence-corrected chi connectivity index (χ4v) is 11.2. The van der Waals surface area contributed by atoms with E-state index in [2.05, 4.69) is 19.2 Å². The van der Waals surface area contributed by atoms with E-state index < -0.39 is 102 Å². The Kier molecular flexibility index (Phi) is 12.1. The van der Waals surface area contributed by atoms with Gasteiger partial charge in [-0.1, -0.05) is 27.7 Å². The molecule has 6 aliphatic rings. The molecule has 6 heterocycles. The van der Waals surface area contributed by atoms with Gasteiger partial charge in [-0.3, -0.25) is 15.0 Å². The van der Waals surface area contributed by atoms with Crippen molar-refractivity contribution in [3.63, 3.8) is 0 Å². The first-order valence-corrected chi connectivity index (χ1v) is 20.5. The predicted octanol–water partition coefficient (Wildman–Crippen LogP) is 3.02. The monoisotopic (exact) mass is 783 g/mol. The number of carbonyl (C=O) groups excluding carboxylic acids is 2. The minimum atomic E-state index is -1.19. The molecule has 0 aromatic carbocycles. The lowest BCUT2D eigenvalue weighted by atomic mass is 9.72. The van der Waals surface area contributed by atoms with Crippen molar-refractivity contribution in [1.82, 2.24) is 15.1 Å². The number of hydrogen-bond donors (Lipinski definition) is 3. The van der Waals surface area contributed by atoms with Gasteiger partial charge in [0.2, 0.25) is 0 Å². The van der Waals surface area contributed by atoms with Gasteiger partial charge in [-0.05, 0) is 74.9 Å². The van der Waals surface area contributed by atoms with Gasteiger partial charge in [-0.2, -0.15) is 0 Å². The third-order valence-electron chi connectivity index (χ3n) is 14.3. The maximum Gasteiger partial charge on any atom is 0.410 e. The zero-order valence-corrected chi connectivity index (χ0v) is 35.3. The molecule has 19 atom stereocenters. The van der Waals surface area contributed by atoms with Crippen molar-refractivity contribution in [2.75, 3.05) is 34.3 Å². The van der Waals surface area contributed by atoms with E-state index in [4.69, 9.17) is 37.9 Å². The summed E-state index contributed by atoms with van der Waals surface area (Å²) in [6, 6.07) is -0.714. The molecule has 1 spiro atoms. The molecule has 6 aliphatic heterocycles. The van der Waals surface area contributed by atoms with Crippen molar-refractivity contribution in [2.45, 2.75) is 185 Å². The number of methoxy groups -OCH3 is 1. The summed E-state index contributed by atoms with van der Waals surface area (Å²) in [5.74, 6) is -2.38. The zero-order valence-electron chi connectivity index (χ0n) is 35.3. The normalized spacial score (nSPS) is 52.1. The Hall–Kier alpha value is -1.66. The minimum absolute atomic E-state index is 0.0786. The van der Waals surface area contributed by atoms with Crippen LogP contribution in [0.1, 0.15) is 94.9 Å². The highest BCUT2D eigenvalue weighted by Crippen LogP contribution is 2.54. The van der Waals surface area contributed by atoms with E-state index in [0.717, 1.165) is 0 Å². The summed E-state index contributed by atoms with van der Waals surface area (Å²) in [7, 11) is 5.41. The van der Waals surface area contributed by atoms with Crippen LogP contribution in [0.2, 0.25) is 0 Å². The van der Waals surface area contributed by atoms with Crippen molar-refractivity contribution in [3.8, 4) is 0 Å². The number of nitrogens with one attached hydrogen (secondary N) is 1. The van der Waals surface area contributed by atoms with Crippen LogP contribution in [-0.4, -0.2) is 156 Å². The van der Waals surface area contributed by atoms with E-state index in [1.165, 1.54) is 0 Å². The average Bonchev–Trinajstić information content (AvgIpc) is 3.47. The lowest BCUT2D eigenvalue weighted by Crippen LogP contribution is -2.64. The highest BCUT2D eigenvalue weighted by Gasteiger charge is 2.68. The quantitative estimate of drug-likeness (QED) is 0.323. The maximum absolute atomic E-state index is 14.6. The third kappa shape index (κ3) is 7.24. The molecular formula is C40H69N3O12. The first-order chi connectivity index (χ1) is 25.7. The molecule has 0 aliphatic carbocycles. The second-order valence-corrected chi connectivity index (χ2v) is 18.4. The molecule has 55 heavy (non-hydrogen) atoms. The Morgan fingerprint density at radius 3 is 2.33 bits per heavy atom. The number of aliphatic hydroxyl groups is 2. The summed E-state index contributed by atoms with van der Waals surface area (Å²) < 4.78 is 52.6. The summed E-state index contributed by atoms with van der Waals surface area (Å²) in [4.78, 5) is 32.0. The molecule has 15 nitrogen and oxygen atoms in total. The van der Waals surface area contributed by atoms with Crippen molar-refractivity contribution in [3.05, 3.63) is 0 Å². The van der Waals surface area contributed by atoms with Crippen molar-refractivity contribution in [1.29, 1.82) is 0 Å². The Morgan fingerprint density at radius 2 is 1.69 bits per heavy atom. The number of aliphatic hydroxyl groups excluding tert-OH is 2. The van der Waals surface area contributed by atoms with Crippen LogP contribution < -0.4 is 5.32 Å². The Morgan fingerprint density at radius 1 is 1.00 bits per heavy atom. The Labute approximate surface area is 327 Å². The summed E-state index contributed by atoms with van der Waals surface area (Å²) in [5, 5.41) is 26.6. The van der Waals surface area contributed by atoms with Gasteiger partial charge in [-0.15, -0.1) is 0 Å². The predicted molar refractivity (Wildman–Crippen MR) is 200 cm³/mol. The first kappa shape index (κ1) is 42.9. The van der Waals surface area contributed by atoms with Crippen molar-refractivity contribution in [2.24, 2.45) is 23.7 Å². The van der Waals surface area contributed by atoms with Gasteiger partial charge in [0.1, 0.15) is 24.0 Å². The fourth-order valence-electron chi connectivity index (χ4n) is 11.2. The van der Waals surface area contributed by atoms with E-state index in [-0.39, 0.29) is 30.4 Å². The summed E-state index contributed by atoms with van der Waals surface area (Å²) in [6.07, 6.45) is -5.77. The second kappa shape index (κ2) is 15.5. The van der Waals surface area contributed by atoms with Gasteiger partial charge < -0.3 is 53.0 Å². The number of nitrogens with zero attached hydrogens (tertiary/aromatic N) is 2. The molecule has 6 rings (SSSR count). The van der Waals surface area contributed by atoms with E-state index in [0.29, 0.717) is 32.4 Å². The average molecular weight is 784 g/mol. The number of hydrogen-bond acceptors (Lipinski definition) is 14. The van der Waals surface area contributed by atoms with Crippen molar-refractivity contribution >= 4 is 12.1 Å². The zero-order chi connectivity index (χ0) is 40.6. The van der Waals surface area contributed by atoms with Gasteiger partial charge in [-0.25, -0.2) is 4.79 Å². The summed E-state index contributed by atoms with van der Waals surface area (Å²) in [6.45, 7) is 20.2. The van der Waals surface area contributed by atoms with Gasteiger partial charge in [0.05, 0.1) is 47.6 Å². The van der Waals surface area contributed by atoms with Crippen LogP contribution in [0.3, 0.4) is 0 Å². The highest BCUT2D eigenvalue weighted by molar-refractivity contribution is 5.74. The smallest absolute Gasteiger partial charge is 0.410 e.